The number of hydrogen-bond donors (Lipinski definition) is 1. The average molecular weight is 189 g/mol. The van der Waals surface area contributed by atoms with Crippen LogP contribution in [0.3, 0.4) is 0 Å². The Morgan fingerprint density at radius 1 is 1.29 bits per heavy atom. The minimum Gasteiger partial charge on any atom is -0.318 e. The van der Waals surface area contributed by atoms with E-state index in [0.29, 0.717) is 16.8 Å². The van der Waals surface area contributed by atoms with E-state index in [0.717, 1.165) is 0 Å². The first-order valence-electron chi connectivity index (χ1n) is 4.10. The molecule has 1 heterocycles. The van der Waals surface area contributed by atoms with Gasteiger partial charge in [0.05, 0.1) is 11.3 Å². The SMILES string of the molecule is CC(=O)c1ccc2c(c1)NC(=O)C2=O. The van der Waals surface area contributed by atoms with Crippen molar-refractivity contribution >= 4 is 23.2 Å². The molecule has 0 aromatic heterocycles. The lowest BCUT2D eigenvalue weighted by atomic mass is 10.1. The first-order valence-corrected chi connectivity index (χ1v) is 4.10. The monoisotopic (exact) mass is 189 g/mol. The lowest BCUT2D eigenvalue weighted by Crippen LogP contribution is -2.12. The van der Waals surface area contributed by atoms with Crippen LogP contribution in [0.15, 0.2) is 18.2 Å². The summed E-state index contributed by atoms with van der Waals surface area (Å²) in [5, 5.41) is 2.40. The van der Waals surface area contributed by atoms with Crippen LogP contribution in [0.1, 0.15) is 27.6 Å². The van der Waals surface area contributed by atoms with E-state index in [4.69, 9.17) is 0 Å². The molecule has 0 bridgehead atoms. The Bertz CT molecular complexity index is 462. The molecule has 4 nitrogen and oxygen atoms in total. The molecule has 1 N–H and O–H groups in total. The third-order valence-electron chi connectivity index (χ3n) is 2.13. The lowest BCUT2D eigenvalue weighted by Gasteiger charge is -1.98. The van der Waals surface area contributed by atoms with Crippen molar-refractivity contribution in [3.63, 3.8) is 0 Å². The van der Waals surface area contributed by atoms with Gasteiger partial charge in [0.1, 0.15) is 0 Å². The Morgan fingerprint density at radius 3 is 2.64 bits per heavy atom. The van der Waals surface area contributed by atoms with Gasteiger partial charge in [-0.1, -0.05) is 6.07 Å². The van der Waals surface area contributed by atoms with Crippen LogP contribution >= 0.6 is 0 Å². The molecule has 0 fully saturated rings. The van der Waals surface area contributed by atoms with Gasteiger partial charge >= 0.3 is 0 Å². The predicted octanol–water partition coefficient (Wildman–Crippen LogP) is 1.02. The first-order chi connectivity index (χ1) is 6.59. The smallest absolute Gasteiger partial charge is 0.296 e. The molecule has 70 valence electrons. The highest BCUT2D eigenvalue weighted by atomic mass is 16.2. The number of nitrogens with one attached hydrogen (secondary N) is 1. The molecule has 1 amide bonds. The molecule has 14 heavy (non-hydrogen) atoms. The second kappa shape index (κ2) is 2.77. The third-order valence-corrected chi connectivity index (χ3v) is 2.13. The third kappa shape index (κ3) is 1.12. The highest BCUT2D eigenvalue weighted by Crippen LogP contribution is 2.24. The molecule has 1 aliphatic rings. The van der Waals surface area contributed by atoms with E-state index < -0.39 is 11.7 Å². The van der Waals surface area contributed by atoms with Gasteiger partial charge in [0.15, 0.2) is 5.78 Å². The summed E-state index contributed by atoms with van der Waals surface area (Å²) in [6, 6.07) is 4.55. The topological polar surface area (TPSA) is 63.2 Å². The van der Waals surface area contributed by atoms with Crippen LogP contribution in [0.25, 0.3) is 0 Å². The van der Waals surface area contributed by atoms with Crippen molar-refractivity contribution in [1.82, 2.24) is 0 Å². The van der Waals surface area contributed by atoms with Crippen molar-refractivity contribution in [2.75, 3.05) is 5.32 Å². The predicted molar refractivity (Wildman–Crippen MR) is 49.4 cm³/mol. The molecular formula is C10H7NO3. The summed E-state index contributed by atoms with van der Waals surface area (Å²) in [6.07, 6.45) is 0. The number of carbonyl (C=O) groups is 3. The van der Waals surface area contributed by atoms with Crippen molar-refractivity contribution < 1.29 is 14.4 Å². The van der Waals surface area contributed by atoms with Crippen molar-refractivity contribution in [2.24, 2.45) is 0 Å². The summed E-state index contributed by atoms with van der Waals surface area (Å²) < 4.78 is 0. The molecule has 1 aromatic carbocycles. The molecule has 0 unspecified atom stereocenters. The van der Waals surface area contributed by atoms with E-state index in [1.165, 1.54) is 19.1 Å². The van der Waals surface area contributed by atoms with Crippen LogP contribution in [0.2, 0.25) is 0 Å². The lowest BCUT2D eigenvalue weighted by molar-refractivity contribution is -0.112. The molecular weight excluding hydrogens is 182 g/mol. The van der Waals surface area contributed by atoms with E-state index in [2.05, 4.69) is 5.32 Å². The molecule has 0 radical (unpaired) electrons. The molecule has 1 aromatic rings. The Balaban J connectivity index is 2.55. The van der Waals surface area contributed by atoms with E-state index >= 15 is 0 Å². The van der Waals surface area contributed by atoms with E-state index in [1.807, 2.05) is 0 Å². The van der Waals surface area contributed by atoms with Crippen LogP contribution in [-0.2, 0) is 4.79 Å². The number of hydrogen-bond acceptors (Lipinski definition) is 3. The summed E-state index contributed by atoms with van der Waals surface area (Å²) in [4.78, 5) is 33.2. The minimum absolute atomic E-state index is 0.0959. The molecule has 0 saturated heterocycles. The fraction of sp³-hybridized carbons (Fsp3) is 0.100. The van der Waals surface area contributed by atoms with Crippen LogP contribution in [0.4, 0.5) is 5.69 Å². The van der Waals surface area contributed by atoms with E-state index in [1.54, 1.807) is 6.07 Å². The minimum atomic E-state index is -0.638. The van der Waals surface area contributed by atoms with Crippen LogP contribution in [0.5, 0.6) is 0 Å². The number of amides is 1. The molecule has 0 spiro atoms. The summed E-state index contributed by atoms with van der Waals surface area (Å²) in [6.45, 7) is 1.43. The second-order valence-corrected chi connectivity index (χ2v) is 3.10. The zero-order chi connectivity index (χ0) is 10.3. The summed E-state index contributed by atoms with van der Waals surface area (Å²) in [7, 11) is 0. The number of carbonyl (C=O) groups excluding carboxylic acids is 3. The maximum absolute atomic E-state index is 11.2. The molecule has 0 aliphatic carbocycles. The number of Topliss-reactive ketones (excluding diaryl/α,β-unsaturated/α-hetero) is 2. The van der Waals surface area contributed by atoms with Gasteiger partial charge in [-0.2, -0.15) is 0 Å². The Hall–Kier alpha value is -1.97. The summed E-state index contributed by atoms with van der Waals surface area (Å²) in [5.41, 5.74) is 1.24. The quantitative estimate of drug-likeness (QED) is 0.530. The maximum Gasteiger partial charge on any atom is 0.296 e. The molecule has 4 heteroatoms. The Morgan fingerprint density at radius 2 is 2.00 bits per heavy atom. The summed E-state index contributed by atoms with van der Waals surface area (Å²) in [5.74, 6) is -1.28. The van der Waals surface area contributed by atoms with Gasteiger partial charge in [-0.25, -0.2) is 0 Å². The van der Waals surface area contributed by atoms with Crippen molar-refractivity contribution in [1.29, 1.82) is 0 Å². The zero-order valence-corrected chi connectivity index (χ0v) is 7.46. The largest absolute Gasteiger partial charge is 0.318 e. The highest BCUT2D eigenvalue weighted by molar-refractivity contribution is 6.51. The zero-order valence-electron chi connectivity index (χ0n) is 7.46. The van der Waals surface area contributed by atoms with Gasteiger partial charge < -0.3 is 5.32 Å². The average Bonchev–Trinajstić information content (AvgIpc) is 2.42. The van der Waals surface area contributed by atoms with Crippen LogP contribution < -0.4 is 5.32 Å². The van der Waals surface area contributed by atoms with E-state index in [-0.39, 0.29) is 5.78 Å². The number of ketones is 2. The van der Waals surface area contributed by atoms with E-state index in [9.17, 15) is 14.4 Å². The van der Waals surface area contributed by atoms with Crippen molar-refractivity contribution in [3.8, 4) is 0 Å². The van der Waals surface area contributed by atoms with Crippen molar-refractivity contribution in [2.45, 2.75) is 6.92 Å². The van der Waals surface area contributed by atoms with Crippen molar-refractivity contribution in [3.05, 3.63) is 29.3 Å². The van der Waals surface area contributed by atoms with Gasteiger partial charge in [-0.05, 0) is 19.1 Å². The fourth-order valence-electron chi connectivity index (χ4n) is 1.37. The van der Waals surface area contributed by atoms with Gasteiger partial charge in [0, 0.05) is 5.56 Å². The van der Waals surface area contributed by atoms with Gasteiger partial charge in [-0.15, -0.1) is 0 Å². The molecule has 2 rings (SSSR count). The number of anilines is 1. The summed E-state index contributed by atoms with van der Waals surface area (Å²) >= 11 is 0. The number of benzene rings is 1. The number of fused-ring (bicyclic) bond motifs is 1. The van der Waals surface area contributed by atoms with Gasteiger partial charge in [0.2, 0.25) is 0 Å². The Labute approximate surface area is 79.9 Å². The molecule has 0 atom stereocenters. The first kappa shape index (κ1) is 8.62. The standard InChI is InChI=1S/C10H7NO3/c1-5(12)6-2-3-7-8(4-6)11-10(14)9(7)13/h2-4H,1H3,(H,11,13,14). The fourth-order valence-corrected chi connectivity index (χ4v) is 1.37. The molecule has 1 aliphatic heterocycles. The van der Waals surface area contributed by atoms with Gasteiger partial charge in [0.25, 0.3) is 11.7 Å². The molecule has 0 saturated carbocycles. The number of rotatable bonds is 1. The van der Waals surface area contributed by atoms with Crippen LogP contribution in [0, 0.1) is 0 Å². The van der Waals surface area contributed by atoms with Crippen LogP contribution in [-0.4, -0.2) is 17.5 Å². The maximum atomic E-state index is 11.2. The Kier molecular flexibility index (Phi) is 1.70. The second-order valence-electron chi connectivity index (χ2n) is 3.10. The van der Waals surface area contributed by atoms with Gasteiger partial charge in [-0.3, -0.25) is 14.4 Å². The normalized spacial score (nSPS) is 13.8. The highest BCUT2D eigenvalue weighted by Gasteiger charge is 2.27.